The maximum absolute atomic E-state index is 13.0. The summed E-state index contributed by atoms with van der Waals surface area (Å²) < 4.78 is 0. The number of rotatable bonds is 2. The largest absolute Gasteiger partial charge is 0.399 e. The molecule has 2 aromatic carbocycles. The van der Waals surface area contributed by atoms with Crippen LogP contribution in [0.15, 0.2) is 48.5 Å². The number of nitrogens with one attached hydrogen (secondary N) is 1. The Balaban J connectivity index is 1.94. The number of carbonyl (C=O) groups is 1. The van der Waals surface area contributed by atoms with Crippen molar-refractivity contribution in [2.45, 2.75) is 12.8 Å². The van der Waals surface area contributed by atoms with Crippen LogP contribution in [0.3, 0.4) is 0 Å². The molecule has 4 rings (SSSR count). The van der Waals surface area contributed by atoms with Crippen molar-refractivity contribution in [2.24, 2.45) is 0 Å². The van der Waals surface area contributed by atoms with Crippen molar-refractivity contribution in [3.05, 3.63) is 54.2 Å². The SMILES string of the molecule is Nc1ccc2[nH]c(C(=O)N3CCCC3)c(-c3ccccc3)c2c1. The fraction of sp³-hybridized carbons (Fsp3) is 0.211. The molecule has 0 atom stereocenters. The van der Waals surface area contributed by atoms with Gasteiger partial charge in [-0.2, -0.15) is 0 Å². The second-order valence-corrected chi connectivity index (χ2v) is 6.05. The molecule has 0 bridgehead atoms. The number of likely N-dealkylation sites (tertiary alicyclic amines) is 1. The smallest absolute Gasteiger partial charge is 0.270 e. The Morgan fingerprint density at radius 2 is 1.78 bits per heavy atom. The highest BCUT2D eigenvalue weighted by Crippen LogP contribution is 2.34. The second kappa shape index (κ2) is 5.47. The minimum absolute atomic E-state index is 0.0797. The number of H-pyrrole nitrogens is 1. The van der Waals surface area contributed by atoms with Gasteiger partial charge < -0.3 is 15.6 Å². The van der Waals surface area contributed by atoms with E-state index >= 15 is 0 Å². The highest BCUT2D eigenvalue weighted by molar-refractivity contribution is 6.10. The topological polar surface area (TPSA) is 62.1 Å². The predicted molar refractivity (Wildman–Crippen MR) is 93.3 cm³/mol. The van der Waals surface area contributed by atoms with Gasteiger partial charge in [-0.25, -0.2) is 0 Å². The van der Waals surface area contributed by atoms with Crippen LogP contribution < -0.4 is 5.73 Å². The fourth-order valence-electron chi connectivity index (χ4n) is 3.35. The van der Waals surface area contributed by atoms with E-state index in [1.54, 1.807) is 0 Å². The van der Waals surface area contributed by atoms with E-state index in [2.05, 4.69) is 4.98 Å². The molecular weight excluding hydrogens is 286 g/mol. The van der Waals surface area contributed by atoms with Crippen molar-refractivity contribution in [3.63, 3.8) is 0 Å². The van der Waals surface area contributed by atoms with E-state index in [0.717, 1.165) is 48.0 Å². The number of anilines is 1. The van der Waals surface area contributed by atoms with Crippen LogP contribution in [0.5, 0.6) is 0 Å². The summed E-state index contributed by atoms with van der Waals surface area (Å²) in [5, 5.41) is 0.999. The zero-order valence-corrected chi connectivity index (χ0v) is 12.9. The van der Waals surface area contributed by atoms with Crippen molar-refractivity contribution >= 4 is 22.5 Å². The predicted octanol–water partition coefficient (Wildman–Crippen LogP) is 3.65. The molecule has 1 amide bonds. The Kier molecular flexibility index (Phi) is 3.30. The number of amides is 1. The number of benzene rings is 2. The summed E-state index contributed by atoms with van der Waals surface area (Å²) >= 11 is 0. The molecular formula is C19H19N3O. The first-order valence-electron chi connectivity index (χ1n) is 8.00. The molecule has 0 saturated carbocycles. The molecule has 1 aliphatic heterocycles. The molecule has 4 nitrogen and oxygen atoms in total. The van der Waals surface area contributed by atoms with Gasteiger partial charge in [0.1, 0.15) is 5.69 Å². The van der Waals surface area contributed by atoms with Crippen LogP contribution in [0.4, 0.5) is 5.69 Å². The van der Waals surface area contributed by atoms with E-state index in [0.29, 0.717) is 11.4 Å². The molecule has 2 heterocycles. The van der Waals surface area contributed by atoms with Gasteiger partial charge >= 0.3 is 0 Å². The summed E-state index contributed by atoms with van der Waals surface area (Å²) in [5.41, 5.74) is 10.3. The van der Waals surface area contributed by atoms with Gasteiger partial charge in [0, 0.05) is 35.2 Å². The number of hydrogen-bond donors (Lipinski definition) is 2. The Morgan fingerprint density at radius 1 is 1.04 bits per heavy atom. The molecule has 0 aliphatic carbocycles. The van der Waals surface area contributed by atoms with Crippen molar-refractivity contribution in [3.8, 4) is 11.1 Å². The number of nitrogens with zero attached hydrogens (tertiary/aromatic N) is 1. The first-order chi connectivity index (χ1) is 11.2. The van der Waals surface area contributed by atoms with Crippen molar-refractivity contribution in [1.29, 1.82) is 0 Å². The van der Waals surface area contributed by atoms with Gasteiger partial charge in [0.2, 0.25) is 0 Å². The molecule has 1 saturated heterocycles. The number of hydrogen-bond acceptors (Lipinski definition) is 2. The van der Waals surface area contributed by atoms with E-state index in [1.165, 1.54) is 0 Å². The van der Waals surface area contributed by atoms with Crippen molar-refractivity contribution < 1.29 is 4.79 Å². The zero-order valence-electron chi connectivity index (χ0n) is 12.9. The van der Waals surface area contributed by atoms with E-state index < -0.39 is 0 Å². The lowest BCUT2D eigenvalue weighted by atomic mass is 10.0. The Morgan fingerprint density at radius 3 is 2.52 bits per heavy atom. The van der Waals surface area contributed by atoms with Crippen LogP contribution in [-0.2, 0) is 0 Å². The minimum Gasteiger partial charge on any atom is -0.399 e. The molecule has 1 aromatic heterocycles. The van der Waals surface area contributed by atoms with E-state index in [9.17, 15) is 4.79 Å². The number of nitrogen functional groups attached to an aromatic ring is 1. The van der Waals surface area contributed by atoms with Crippen LogP contribution in [0.25, 0.3) is 22.0 Å². The molecule has 23 heavy (non-hydrogen) atoms. The molecule has 0 spiro atoms. The summed E-state index contributed by atoms with van der Waals surface area (Å²) in [4.78, 5) is 18.2. The second-order valence-electron chi connectivity index (χ2n) is 6.05. The third-order valence-corrected chi connectivity index (χ3v) is 4.49. The van der Waals surface area contributed by atoms with Gasteiger partial charge in [-0.3, -0.25) is 4.79 Å². The highest BCUT2D eigenvalue weighted by atomic mass is 16.2. The average Bonchev–Trinajstić information content (AvgIpc) is 3.22. The molecule has 1 fully saturated rings. The monoisotopic (exact) mass is 305 g/mol. The third kappa shape index (κ3) is 2.36. The lowest BCUT2D eigenvalue weighted by Gasteiger charge is -2.15. The van der Waals surface area contributed by atoms with Gasteiger partial charge in [-0.15, -0.1) is 0 Å². The normalized spacial score (nSPS) is 14.5. The van der Waals surface area contributed by atoms with Gasteiger partial charge in [-0.1, -0.05) is 30.3 Å². The number of aromatic nitrogens is 1. The van der Waals surface area contributed by atoms with Gasteiger partial charge in [0.05, 0.1) is 0 Å². The van der Waals surface area contributed by atoms with Gasteiger partial charge in [-0.05, 0) is 36.6 Å². The molecule has 4 heteroatoms. The third-order valence-electron chi connectivity index (χ3n) is 4.49. The van der Waals surface area contributed by atoms with Crippen LogP contribution in [0, 0.1) is 0 Å². The Hall–Kier alpha value is -2.75. The molecule has 0 unspecified atom stereocenters. The van der Waals surface area contributed by atoms with Gasteiger partial charge in [0.15, 0.2) is 0 Å². The van der Waals surface area contributed by atoms with E-state index in [1.807, 2.05) is 53.4 Å². The van der Waals surface area contributed by atoms with Crippen LogP contribution in [0.1, 0.15) is 23.3 Å². The van der Waals surface area contributed by atoms with E-state index in [-0.39, 0.29) is 5.91 Å². The standard InChI is InChI=1S/C19H19N3O/c20-14-8-9-16-15(12-14)17(13-6-2-1-3-7-13)18(21-16)19(23)22-10-4-5-11-22/h1-3,6-9,12,21H,4-5,10-11,20H2. The fourth-order valence-corrected chi connectivity index (χ4v) is 3.35. The number of nitrogens with two attached hydrogens (primary N) is 1. The first kappa shape index (κ1) is 13.9. The Labute approximate surface area is 134 Å². The number of carbonyl (C=O) groups excluding carboxylic acids is 1. The van der Waals surface area contributed by atoms with E-state index in [4.69, 9.17) is 5.73 Å². The maximum Gasteiger partial charge on any atom is 0.270 e. The first-order valence-corrected chi connectivity index (χ1v) is 8.00. The average molecular weight is 305 g/mol. The molecule has 3 N–H and O–H groups in total. The highest BCUT2D eigenvalue weighted by Gasteiger charge is 2.25. The van der Waals surface area contributed by atoms with Crippen molar-refractivity contribution in [2.75, 3.05) is 18.8 Å². The minimum atomic E-state index is 0.0797. The number of aromatic amines is 1. The van der Waals surface area contributed by atoms with Crippen LogP contribution in [-0.4, -0.2) is 28.9 Å². The summed E-state index contributed by atoms with van der Waals surface area (Å²) in [6.45, 7) is 1.68. The van der Waals surface area contributed by atoms with Crippen LogP contribution in [0.2, 0.25) is 0 Å². The quantitative estimate of drug-likeness (QED) is 0.710. The maximum atomic E-state index is 13.0. The summed E-state index contributed by atoms with van der Waals surface area (Å²) in [6.07, 6.45) is 2.17. The van der Waals surface area contributed by atoms with Gasteiger partial charge in [0.25, 0.3) is 5.91 Å². The lowest BCUT2D eigenvalue weighted by molar-refractivity contribution is 0.0789. The summed E-state index contributed by atoms with van der Waals surface area (Å²) in [5.74, 6) is 0.0797. The molecule has 116 valence electrons. The summed E-state index contributed by atoms with van der Waals surface area (Å²) in [6, 6.07) is 15.8. The summed E-state index contributed by atoms with van der Waals surface area (Å²) in [7, 11) is 0. The van der Waals surface area contributed by atoms with Crippen molar-refractivity contribution in [1.82, 2.24) is 9.88 Å². The molecule has 3 aromatic rings. The number of fused-ring (bicyclic) bond motifs is 1. The zero-order chi connectivity index (χ0) is 15.8. The Bertz CT molecular complexity index is 861. The lowest BCUT2D eigenvalue weighted by Crippen LogP contribution is -2.28. The van der Waals surface area contributed by atoms with Crippen LogP contribution >= 0.6 is 0 Å². The molecule has 0 radical (unpaired) electrons. The molecule has 1 aliphatic rings.